The highest BCUT2D eigenvalue weighted by atomic mass is 16.3. The van der Waals surface area contributed by atoms with Crippen molar-refractivity contribution in [3.05, 3.63) is 29.3 Å². The van der Waals surface area contributed by atoms with E-state index in [1.807, 2.05) is 13.0 Å². The van der Waals surface area contributed by atoms with Gasteiger partial charge in [0.25, 0.3) is 5.91 Å². The molecule has 0 aliphatic carbocycles. The largest absolute Gasteiger partial charge is 0.399 e. The average Bonchev–Trinajstić information content (AvgIpc) is 2.38. The lowest BCUT2D eigenvalue weighted by Gasteiger charge is -2.19. The number of aliphatic hydroxyl groups excluding tert-OH is 1. The zero-order valence-corrected chi connectivity index (χ0v) is 12.6. The summed E-state index contributed by atoms with van der Waals surface area (Å²) in [7, 11) is 0. The molecular weight excluding hydrogens is 252 g/mol. The highest BCUT2D eigenvalue weighted by Gasteiger charge is 2.14. The van der Waals surface area contributed by atoms with E-state index in [4.69, 9.17) is 10.8 Å². The summed E-state index contributed by atoms with van der Waals surface area (Å²) in [5.41, 5.74) is 7.85. The van der Waals surface area contributed by atoms with Gasteiger partial charge in [0.05, 0.1) is 0 Å². The summed E-state index contributed by atoms with van der Waals surface area (Å²) in [4.78, 5) is 12.2. The Kier molecular flexibility index (Phi) is 6.52. The fourth-order valence-electron chi connectivity index (χ4n) is 2.37. The van der Waals surface area contributed by atoms with Gasteiger partial charge in [-0.3, -0.25) is 4.79 Å². The zero-order chi connectivity index (χ0) is 15.1. The molecule has 0 spiro atoms. The summed E-state index contributed by atoms with van der Waals surface area (Å²) >= 11 is 0. The van der Waals surface area contributed by atoms with Crippen molar-refractivity contribution in [2.24, 2.45) is 11.8 Å². The molecule has 1 aromatic carbocycles. The van der Waals surface area contributed by atoms with Crippen molar-refractivity contribution >= 4 is 11.6 Å². The van der Waals surface area contributed by atoms with Crippen LogP contribution in [0.2, 0.25) is 0 Å². The van der Waals surface area contributed by atoms with E-state index in [-0.39, 0.29) is 12.5 Å². The minimum Gasteiger partial charge on any atom is -0.399 e. The van der Waals surface area contributed by atoms with E-state index in [1.165, 1.54) is 0 Å². The van der Waals surface area contributed by atoms with Crippen molar-refractivity contribution in [3.63, 3.8) is 0 Å². The van der Waals surface area contributed by atoms with Gasteiger partial charge in [0.2, 0.25) is 0 Å². The van der Waals surface area contributed by atoms with Gasteiger partial charge in [-0.2, -0.15) is 0 Å². The molecule has 0 saturated carbocycles. The van der Waals surface area contributed by atoms with Gasteiger partial charge in [-0.05, 0) is 49.3 Å². The molecule has 112 valence electrons. The first-order valence-corrected chi connectivity index (χ1v) is 7.19. The number of carbonyl (C=O) groups excluding carboxylic acids is 1. The van der Waals surface area contributed by atoms with Gasteiger partial charge >= 0.3 is 0 Å². The van der Waals surface area contributed by atoms with Crippen LogP contribution < -0.4 is 11.1 Å². The number of nitrogens with one attached hydrogen (secondary N) is 1. The van der Waals surface area contributed by atoms with Crippen molar-refractivity contribution in [1.29, 1.82) is 0 Å². The first-order chi connectivity index (χ1) is 9.43. The molecule has 0 bridgehead atoms. The van der Waals surface area contributed by atoms with Crippen LogP contribution in [-0.4, -0.2) is 24.2 Å². The summed E-state index contributed by atoms with van der Waals surface area (Å²) in [6, 6.07) is 5.34. The van der Waals surface area contributed by atoms with Crippen LogP contribution in [0.15, 0.2) is 18.2 Å². The maximum atomic E-state index is 12.2. The normalized spacial score (nSPS) is 12.4. The Labute approximate surface area is 121 Å². The molecule has 0 aromatic heterocycles. The van der Waals surface area contributed by atoms with Crippen LogP contribution in [0, 0.1) is 18.8 Å². The number of hydrogen-bond acceptors (Lipinski definition) is 3. The van der Waals surface area contributed by atoms with E-state index in [0.717, 1.165) is 12.0 Å². The van der Waals surface area contributed by atoms with Gasteiger partial charge in [-0.15, -0.1) is 0 Å². The smallest absolute Gasteiger partial charge is 0.251 e. The molecule has 1 atom stereocenters. The lowest BCUT2D eigenvalue weighted by atomic mass is 9.94. The molecule has 20 heavy (non-hydrogen) atoms. The summed E-state index contributed by atoms with van der Waals surface area (Å²) < 4.78 is 0. The van der Waals surface area contributed by atoms with Crippen LogP contribution in [0.25, 0.3) is 0 Å². The van der Waals surface area contributed by atoms with Crippen LogP contribution >= 0.6 is 0 Å². The molecule has 4 nitrogen and oxygen atoms in total. The van der Waals surface area contributed by atoms with E-state index in [9.17, 15) is 4.79 Å². The fraction of sp³-hybridized carbons (Fsp3) is 0.562. The number of benzene rings is 1. The number of nitrogen functional groups attached to an aromatic ring is 1. The van der Waals surface area contributed by atoms with Crippen LogP contribution in [0.1, 0.15) is 42.6 Å². The van der Waals surface area contributed by atoms with Crippen molar-refractivity contribution < 1.29 is 9.90 Å². The first kappa shape index (κ1) is 16.5. The molecule has 0 heterocycles. The number of hydrogen-bond donors (Lipinski definition) is 3. The number of amides is 1. The lowest BCUT2D eigenvalue weighted by Crippen LogP contribution is -2.31. The predicted molar refractivity (Wildman–Crippen MR) is 82.6 cm³/mol. The van der Waals surface area contributed by atoms with Crippen LogP contribution in [0.5, 0.6) is 0 Å². The molecule has 0 aliphatic rings. The SMILES string of the molecule is Cc1ccc(N)cc1C(=O)NCC(CCO)CC(C)C. The standard InChI is InChI=1S/C16H26N2O2/c1-11(2)8-13(6-7-19)10-18-16(20)15-9-14(17)5-4-12(15)3/h4-5,9,11,13,19H,6-8,10,17H2,1-3H3,(H,18,20). The van der Waals surface area contributed by atoms with Crippen molar-refractivity contribution in [1.82, 2.24) is 5.32 Å². The Balaban J connectivity index is 2.62. The van der Waals surface area contributed by atoms with Gasteiger partial charge in [-0.25, -0.2) is 0 Å². The molecular formula is C16H26N2O2. The zero-order valence-electron chi connectivity index (χ0n) is 12.6. The third-order valence-corrected chi connectivity index (χ3v) is 3.40. The van der Waals surface area contributed by atoms with Gasteiger partial charge in [-0.1, -0.05) is 19.9 Å². The second-order valence-corrected chi connectivity index (χ2v) is 5.79. The number of carbonyl (C=O) groups is 1. The third-order valence-electron chi connectivity index (χ3n) is 3.40. The van der Waals surface area contributed by atoms with Gasteiger partial charge in [0.1, 0.15) is 0 Å². The number of nitrogens with two attached hydrogens (primary N) is 1. The molecule has 0 radical (unpaired) electrons. The summed E-state index contributed by atoms with van der Waals surface area (Å²) in [6.07, 6.45) is 1.71. The van der Waals surface area contributed by atoms with E-state index >= 15 is 0 Å². The molecule has 1 amide bonds. The molecule has 4 heteroatoms. The summed E-state index contributed by atoms with van der Waals surface area (Å²) in [5, 5.41) is 12.0. The number of aliphatic hydroxyl groups is 1. The Bertz CT molecular complexity index is 444. The topological polar surface area (TPSA) is 75.4 Å². The van der Waals surface area contributed by atoms with Gasteiger partial charge in [0, 0.05) is 24.4 Å². The molecule has 1 aromatic rings. The van der Waals surface area contributed by atoms with Crippen molar-refractivity contribution in [2.45, 2.75) is 33.6 Å². The summed E-state index contributed by atoms with van der Waals surface area (Å²) in [6.45, 7) is 6.94. The third kappa shape index (κ3) is 5.21. The monoisotopic (exact) mass is 278 g/mol. The first-order valence-electron chi connectivity index (χ1n) is 7.19. The molecule has 0 saturated heterocycles. The minimum absolute atomic E-state index is 0.0958. The molecule has 0 fully saturated rings. The molecule has 1 rings (SSSR count). The van der Waals surface area contributed by atoms with E-state index in [0.29, 0.717) is 36.1 Å². The Hall–Kier alpha value is -1.55. The van der Waals surface area contributed by atoms with Crippen LogP contribution in [0.4, 0.5) is 5.69 Å². The Morgan fingerprint density at radius 3 is 2.70 bits per heavy atom. The molecule has 1 unspecified atom stereocenters. The van der Waals surface area contributed by atoms with Gasteiger partial charge < -0.3 is 16.2 Å². The predicted octanol–water partition coefficient (Wildman–Crippen LogP) is 2.35. The number of anilines is 1. The highest BCUT2D eigenvalue weighted by Crippen LogP contribution is 2.16. The lowest BCUT2D eigenvalue weighted by molar-refractivity contribution is 0.0941. The van der Waals surface area contributed by atoms with E-state index in [1.54, 1.807) is 12.1 Å². The molecule has 4 N–H and O–H groups in total. The summed E-state index contributed by atoms with van der Waals surface area (Å²) in [5.74, 6) is 0.768. The maximum absolute atomic E-state index is 12.2. The van der Waals surface area contributed by atoms with Crippen LogP contribution in [0.3, 0.4) is 0 Å². The van der Waals surface area contributed by atoms with Crippen molar-refractivity contribution in [2.75, 3.05) is 18.9 Å². The molecule has 0 aliphatic heterocycles. The van der Waals surface area contributed by atoms with Crippen molar-refractivity contribution in [3.8, 4) is 0 Å². The highest BCUT2D eigenvalue weighted by molar-refractivity contribution is 5.96. The fourth-order valence-corrected chi connectivity index (χ4v) is 2.37. The Morgan fingerprint density at radius 2 is 2.10 bits per heavy atom. The van der Waals surface area contributed by atoms with Gasteiger partial charge in [0.15, 0.2) is 0 Å². The second kappa shape index (κ2) is 7.90. The van der Waals surface area contributed by atoms with E-state index < -0.39 is 0 Å². The number of rotatable bonds is 7. The van der Waals surface area contributed by atoms with E-state index in [2.05, 4.69) is 19.2 Å². The Morgan fingerprint density at radius 1 is 1.40 bits per heavy atom. The quantitative estimate of drug-likeness (QED) is 0.670. The average molecular weight is 278 g/mol. The minimum atomic E-state index is -0.0958. The van der Waals surface area contributed by atoms with Crippen LogP contribution in [-0.2, 0) is 0 Å². The maximum Gasteiger partial charge on any atom is 0.251 e. The second-order valence-electron chi connectivity index (χ2n) is 5.79. The number of aryl methyl sites for hydroxylation is 1.